The molecule has 2 saturated carbocycles. The summed E-state index contributed by atoms with van der Waals surface area (Å²) in [5.74, 6) is -0.00740. The van der Waals surface area contributed by atoms with Crippen LogP contribution in [0.4, 0.5) is 24.8 Å². The van der Waals surface area contributed by atoms with Crippen LogP contribution >= 0.6 is 0 Å². The van der Waals surface area contributed by atoms with E-state index in [1.54, 1.807) is 42.5 Å². The van der Waals surface area contributed by atoms with Crippen molar-refractivity contribution in [3.8, 4) is 11.6 Å². The molecule has 3 aliphatic carbocycles. The second kappa shape index (κ2) is 15.6. The smallest absolute Gasteiger partial charge is 0.423 e. The number of fused-ring (bicyclic) bond motifs is 1. The highest BCUT2D eigenvalue weighted by atomic mass is 32.2. The van der Waals surface area contributed by atoms with Crippen molar-refractivity contribution >= 4 is 27.6 Å². The molecule has 54 heavy (non-hydrogen) atoms. The van der Waals surface area contributed by atoms with Crippen LogP contribution in [0.2, 0.25) is 0 Å². The number of methoxy groups -OCH3 is 1. The number of alkyl halides is 3. The highest BCUT2D eigenvalue weighted by Gasteiger charge is 2.43. The van der Waals surface area contributed by atoms with Crippen molar-refractivity contribution in [2.75, 3.05) is 58.5 Å². The Morgan fingerprint density at radius 2 is 1.74 bits per heavy atom. The van der Waals surface area contributed by atoms with Gasteiger partial charge in [-0.3, -0.25) is 9.69 Å². The number of benzene rings is 2. The number of ether oxygens (including phenoxy) is 2. The number of halogens is 3. The minimum absolute atomic E-state index is 0.0668. The zero-order chi connectivity index (χ0) is 38.2. The predicted octanol–water partition coefficient (Wildman–Crippen LogP) is 5.25. The monoisotopic (exact) mass is 771 g/mol. The van der Waals surface area contributed by atoms with E-state index >= 15 is 0 Å². The number of rotatable bonds is 12. The molecule has 1 amide bonds. The third-order valence-electron chi connectivity index (χ3n) is 11.3. The fourth-order valence-electron chi connectivity index (χ4n) is 8.02. The number of anilines is 2. The largest absolute Gasteiger partial charge is 0.495 e. The van der Waals surface area contributed by atoms with Gasteiger partial charge in [0, 0.05) is 70.0 Å². The van der Waals surface area contributed by atoms with Crippen LogP contribution in [0.5, 0.6) is 11.6 Å². The van der Waals surface area contributed by atoms with Crippen LogP contribution in [-0.4, -0.2) is 110 Å². The fraction of sp³-hybridized carbons (Fsp3) is 0.553. The summed E-state index contributed by atoms with van der Waals surface area (Å²) in [7, 11) is -0.942. The molecule has 292 valence electrons. The number of hydrogen-bond acceptors (Lipinski definition) is 10. The van der Waals surface area contributed by atoms with Crippen molar-refractivity contribution in [2.24, 2.45) is 5.92 Å². The van der Waals surface area contributed by atoms with Gasteiger partial charge in [0.1, 0.15) is 17.4 Å². The Morgan fingerprint density at radius 1 is 1.02 bits per heavy atom. The minimum atomic E-state index is -4.85. The van der Waals surface area contributed by atoms with E-state index < -0.39 is 39.8 Å². The van der Waals surface area contributed by atoms with Crippen LogP contribution in [0.3, 0.4) is 0 Å². The quantitative estimate of drug-likeness (QED) is 0.252. The van der Waals surface area contributed by atoms with Gasteiger partial charge in [-0.2, -0.15) is 22.5 Å². The summed E-state index contributed by atoms with van der Waals surface area (Å²) in [6, 6.07) is 11.5. The van der Waals surface area contributed by atoms with Gasteiger partial charge in [-0.1, -0.05) is 24.3 Å². The van der Waals surface area contributed by atoms with Gasteiger partial charge >= 0.3 is 6.18 Å². The Labute approximate surface area is 314 Å². The molecule has 16 heteroatoms. The molecule has 2 atom stereocenters. The highest BCUT2D eigenvalue weighted by molar-refractivity contribution is 7.88. The molecule has 1 saturated heterocycles. The molecular weight excluding hydrogens is 724 g/mol. The van der Waals surface area contributed by atoms with Crippen LogP contribution in [0.15, 0.2) is 48.7 Å². The maximum Gasteiger partial charge on any atom is 0.423 e. The Kier molecular flexibility index (Phi) is 11.1. The average molecular weight is 772 g/mol. The van der Waals surface area contributed by atoms with Crippen LogP contribution in [0.25, 0.3) is 0 Å². The molecule has 0 spiro atoms. The van der Waals surface area contributed by atoms with E-state index in [9.17, 15) is 26.4 Å². The number of amides is 1. The molecule has 3 fully saturated rings. The molecule has 0 unspecified atom stereocenters. The summed E-state index contributed by atoms with van der Waals surface area (Å²) < 4.78 is 80.3. The SMILES string of the molecule is COc1cc(C(=O)NC2CCC(N3CCN(CC4CC4)CC3)CC2)ccc1Nc1ncc(C(F)(F)F)c(O[C@@H]2Cc3ccccc3[C@H]2N(C)S(C)(=O)=O)n1. The van der Waals surface area contributed by atoms with Gasteiger partial charge in [0.15, 0.2) is 0 Å². The molecule has 4 aliphatic rings. The topological polar surface area (TPSA) is 129 Å². The number of likely N-dealkylation sites (N-methyl/N-ethyl adjacent to an activating group) is 1. The van der Waals surface area contributed by atoms with Crippen LogP contribution in [-0.2, 0) is 22.6 Å². The summed E-state index contributed by atoms with van der Waals surface area (Å²) in [5.41, 5.74) is 0.902. The first-order chi connectivity index (χ1) is 25.8. The van der Waals surface area contributed by atoms with E-state index in [0.29, 0.717) is 29.1 Å². The summed E-state index contributed by atoms with van der Waals surface area (Å²) >= 11 is 0. The average Bonchev–Trinajstić information content (AvgIpc) is 3.89. The molecule has 1 aliphatic heterocycles. The van der Waals surface area contributed by atoms with Crippen LogP contribution in [0.1, 0.15) is 71.6 Å². The van der Waals surface area contributed by atoms with E-state index in [1.807, 2.05) is 0 Å². The Balaban J connectivity index is 1.00. The predicted molar refractivity (Wildman–Crippen MR) is 197 cm³/mol. The van der Waals surface area contributed by atoms with E-state index in [1.165, 1.54) is 33.5 Å². The van der Waals surface area contributed by atoms with Crippen molar-refractivity contribution in [3.63, 3.8) is 0 Å². The number of hydrogen-bond donors (Lipinski definition) is 2. The highest BCUT2D eigenvalue weighted by Crippen LogP contribution is 2.42. The van der Waals surface area contributed by atoms with Gasteiger partial charge in [-0.15, -0.1) is 0 Å². The number of nitrogens with one attached hydrogen (secondary N) is 2. The Morgan fingerprint density at radius 3 is 2.41 bits per heavy atom. The van der Waals surface area contributed by atoms with Crippen molar-refractivity contribution < 1.29 is 35.9 Å². The molecule has 2 heterocycles. The van der Waals surface area contributed by atoms with Gasteiger partial charge in [-0.05, 0) is 73.8 Å². The molecular formula is C38H48F3N7O5S. The Bertz CT molecular complexity index is 1930. The molecule has 1 aromatic heterocycles. The lowest BCUT2D eigenvalue weighted by atomic mass is 9.89. The number of sulfonamides is 1. The number of aromatic nitrogens is 2. The van der Waals surface area contributed by atoms with Crippen LogP contribution < -0.4 is 20.1 Å². The third-order valence-corrected chi connectivity index (χ3v) is 12.5. The second-order valence-electron chi connectivity index (χ2n) is 15.0. The van der Waals surface area contributed by atoms with Gasteiger partial charge in [0.05, 0.1) is 25.1 Å². The van der Waals surface area contributed by atoms with Gasteiger partial charge in [0.2, 0.25) is 21.9 Å². The molecule has 0 radical (unpaired) electrons. The second-order valence-corrected chi connectivity index (χ2v) is 17.0. The molecule has 2 N–H and O–H groups in total. The lowest BCUT2D eigenvalue weighted by molar-refractivity contribution is -0.140. The maximum absolute atomic E-state index is 14.2. The Hall–Kier alpha value is -3.99. The molecule has 0 bridgehead atoms. The lowest BCUT2D eigenvalue weighted by Gasteiger charge is -2.42. The lowest BCUT2D eigenvalue weighted by Crippen LogP contribution is -2.52. The fourth-order valence-corrected chi connectivity index (χ4v) is 8.68. The number of nitrogens with zero attached hydrogens (tertiary/aromatic N) is 5. The van der Waals surface area contributed by atoms with Gasteiger partial charge in [-0.25, -0.2) is 13.4 Å². The number of carbonyl (C=O) groups excluding carboxylic acids is 1. The first kappa shape index (κ1) is 38.3. The molecule has 2 aromatic carbocycles. The van der Waals surface area contributed by atoms with Gasteiger partial charge in [0.25, 0.3) is 5.91 Å². The summed E-state index contributed by atoms with van der Waals surface area (Å²) in [4.78, 5) is 26.6. The molecule has 3 aromatic rings. The summed E-state index contributed by atoms with van der Waals surface area (Å²) in [6.07, 6.45) is 2.63. The van der Waals surface area contributed by atoms with Crippen molar-refractivity contribution in [1.29, 1.82) is 0 Å². The van der Waals surface area contributed by atoms with E-state index in [-0.39, 0.29) is 30.1 Å². The third kappa shape index (κ3) is 8.77. The standard InChI is InChI=1S/C38H48F3N7O5S/c1-46(54(3,50)51)34-29-7-5-4-6-25(29)20-33(34)53-36-30(38(39,40)41)22-42-37(45-36)44-31-15-10-26(21-32(31)52-2)35(49)43-27-11-13-28(14-12-27)48-18-16-47(17-19-48)23-24-8-9-24/h4-7,10,15,21-22,24,27-28,33-34H,8-9,11-14,16-20,23H2,1-3H3,(H,43,49)(H,42,44,45)/t27?,28?,33-,34-/m1/s1. The van der Waals surface area contributed by atoms with E-state index in [0.717, 1.165) is 73.9 Å². The van der Waals surface area contributed by atoms with E-state index in [2.05, 4.69) is 30.4 Å². The molecule has 7 rings (SSSR count). The van der Waals surface area contributed by atoms with E-state index in [4.69, 9.17) is 9.47 Å². The normalized spacial score (nSPS) is 23.9. The number of piperazine rings is 1. The minimum Gasteiger partial charge on any atom is -0.495 e. The first-order valence-electron chi connectivity index (χ1n) is 18.6. The van der Waals surface area contributed by atoms with Crippen molar-refractivity contribution in [1.82, 2.24) is 29.4 Å². The van der Waals surface area contributed by atoms with Crippen LogP contribution in [0, 0.1) is 5.92 Å². The zero-order valence-corrected chi connectivity index (χ0v) is 31.6. The van der Waals surface area contributed by atoms with Crippen molar-refractivity contribution in [3.05, 3.63) is 70.9 Å². The first-order valence-corrected chi connectivity index (χ1v) is 20.5. The summed E-state index contributed by atoms with van der Waals surface area (Å²) in [6.45, 7) is 5.75. The summed E-state index contributed by atoms with van der Waals surface area (Å²) in [5, 5.41) is 6.07. The zero-order valence-electron chi connectivity index (χ0n) is 30.8. The maximum atomic E-state index is 14.2. The van der Waals surface area contributed by atoms with Crippen molar-refractivity contribution in [2.45, 2.75) is 75.4 Å². The molecule has 12 nitrogen and oxygen atoms in total. The van der Waals surface area contributed by atoms with Gasteiger partial charge < -0.3 is 25.0 Å². The number of carbonyl (C=O) groups is 1.